The third-order valence-corrected chi connectivity index (χ3v) is 5.48. The fourth-order valence-electron chi connectivity index (χ4n) is 3.99. The van der Waals surface area contributed by atoms with Gasteiger partial charge in [-0.3, -0.25) is 0 Å². The summed E-state index contributed by atoms with van der Waals surface area (Å²) in [5, 5.41) is 9.28. The molecular weight excluding hydrogens is 371 g/mol. The van der Waals surface area contributed by atoms with Gasteiger partial charge >= 0.3 is 0 Å². The number of nitrogens with one attached hydrogen (secondary N) is 1. The van der Waals surface area contributed by atoms with Crippen molar-refractivity contribution in [2.45, 2.75) is 19.2 Å². The lowest BCUT2D eigenvalue weighted by atomic mass is 10.00. The number of benzene rings is 2. The molecule has 5 rings (SSSR count). The van der Waals surface area contributed by atoms with E-state index in [1.54, 1.807) is 17.2 Å². The van der Waals surface area contributed by atoms with Crippen LogP contribution in [-0.4, -0.2) is 34.3 Å². The van der Waals surface area contributed by atoms with Crippen LogP contribution in [0, 0.1) is 5.82 Å². The molecule has 3 heterocycles. The Morgan fingerprint density at radius 1 is 1.21 bits per heavy atom. The summed E-state index contributed by atoms with van der Waals surface area (Å²) in [5.74, 6) is 0.961. The summed E-state index contributed by atoms with van der Waals surface area (Å²) >= 11 is 0. The average molecular weight is 392 g/mol. The lowest BCUT2D eigenvalue weighted by Gasteiger charge is -2.17. The molecule has 0 saturated carbocycles. The highest BCUT2D eigenvalue weighted by atomic mass is 19.1. The molecule has 29 heavy (non-hydrogen) atoms. The van der Waals surface area contributed by atoms with Gasteiger partial charge in [-0.2, -0.15) is 0 Å². The number of nitrogens with zero attached hydrogens (tertiary/aromatic N) is 3. The SMILES string of the molecule is C=C1O[C@@H](CO)CN1c1ccc(-c2ccc3c(c2)CN(c2ncc[nH]2)C3)c(F)c1. The van der Waals surface area contributed by atoms with Crippen LogP contribution >= 0.6 is 0 Å². The number of H-pyrrole nitrogens is 1. The maximum atomic E-state index is 15.0. The van der Waals surface area contributed by atoms with E-state index >= 15 is 0 Å². The highest BCUT2D eigenvalue weighted by Crippen LogP contribution is 2.34. The lowest BCUT2D eigenvalue weighted by Crippen LogP contribution is -2.22. The molecule has 3 aromatic rings. The van der Waals surface area contributed by atoms with E-state index in [1.165, 1.54) is 17.2 Å². The van der Waals surface area contributed by atoms with Gasteiger partial charge in [0.25, 0.3) is 0 Å². The monoisotopic (exact) mass is 392 g/mol. The van der Waals surface area contributed by atoms with Gasteiger partial charge in [0.1, 0.15) is 11.9 Å². The topological polar surface area (TPSA) is 64.6 Å². The van der Waals surface area contributed by atoms with Crippen LogP contribution in [0.5, 0.6) is 0 Å². The van der Waals surface area contributed by atoms with E-state index < -0.39 is 0 Å². The van der Waals surface area contributed by atoms with Crippen molar-refractivity contribution in [3.05, 3.63) is 78.2 Å². The average Bonchev–Trinajstić information content (AvgIpc) is 3.46. The minimum absolute atomic E-state index is 0.0970. The summed E-state index contributed by atoms with van der Waals surface area (Å²) in [6, 6.07) is 11.2. The fraction of sp³-hybridized carbons (Fsp3) is 0.227. The third-order valence-electron chi connectivity index (χ3n) is 5.48. The molecule has 2 aromatic carbocycles. The van der Waals surface area contributed by atoms with Crippen molar-refractivity contribution in [2.75, 3.05) is 23.0 Å². The number of anilines is 2. The van der Waals surface area contributed by atoms with Gasteiger partial charge in [-0.1, -0.05) is 12.1 Å². The van der Waals surface area contributed by atoms with Crippen molar-refractivity contribution >= 4 is 11.6 Å². The molecule has 1 saturated heterocycles. The van der Waals surface area contributed by atoms with Crippen molar-refractivity contribution in [1.82, 2.24) is 9.97 Å². The first-order valence-electron chi connectivity index (χ1n) is 9.52. The zero-order chi connectivity index (χ0) is 20.0. The second-order valence-electron chi connectivity index (χ2n) is 7.34. The molecule has 7 heteroatoms. The predicted molar refractivity (Wildman–Crippen MR) is 109 cm³/mol. The largest absolute Gasteiger partial charge is 0.472 e. The van der Waals surface area contributed by atoms with Crippen molar-refractivity contribution in [3.8, 4) is 11.1 Å². The predicted octanol–water partition coefficient (Wildman–Crippen LogP) is 3.40. The van der Waals surface area contributed by atoms with E-state index in [-0.39, 0.29) is 18.5 Å². The zero-order valence-corrected chi connectivity index (χ0v) is 15.8. The summed E-state index contributed by atoms with van der Waals surface area (Å²) in [6.07, 6.45) is 3.21. The van der Waals surface area contributed by atoms with E-state index in [1.807, 2.05) is 18.3 Å². The van der Waals surface area contributed by atoms with Crippen molar-refractivity contribution in [1.29, 1.82) is 0 Å². The highest BCUT2D eigenvalue weighted by Gasteiger charge is 2.28. The minimum atomic E-state index is -0.334. The maximum Gasteiger partial charge on any atom is 0.203 e. The number of aliphatic hydroxyl groups is 1. The zero-order valence-electron chi connectivity index (χ0n) is 15.8. The van der Waals surface area contributed by atoms with Gasteiger partial charge < -0.3 is 24.6 Å². The van der Waals surface area contributed by atoms with Gasteiger partial charge in [-0.25, -0.2) is 9.37 Å². The minimum Gasteiger partial charge on any atom is -0.472 e. The van der Waals surface area contributed by atoms with Crippen LogP contribution in [0.3, 0.4) is 0 Å². The quantitative estimate of drug-likeness (QED) is 0.713. The van der Waals surface area contributed by atoms with Crippen molar-refractivity contribution in [2.24, 2.45) is 0 Å². The van der Waals surface area contributed by atoms with Gasteiger partial charge in [-0.15, -0.1) is 0 Å². The number of fused-ring (bicyclic) bond motifs is 1. The molecule has 1 fully saturated rings. The van der Waals surface area contributed by atoms with Gasteiger partial charge in [0, 0.05) is 36.7 Å². The van der Waals surface area contributed by atoms with Crippen LogP contribution < -0.4 is 9.80 Å². The number of hydrogen-bond acceptors (Lipinski definition) is 5. The first-order valence-corrected chi connectivity index (χ1v) is 9.52. The Kier molecular flexibility index (Phi) is 4.24. The number of imidazole rings is 1. The molecule has 0 spiro atoms. The van der Waals surface area contributed by atoms with E-state index in [2.05, 4.69) is 33.6 Å². The van der Waals surface area contributed by atoms with Crippen molar-refractivity contribution < 1.29 is 14.2 Å². The van der Waals surface area contributed by atoms with Gasteiger partial charge in [-0.05, 0) is 47.5 Å². The fourth-order valence-corrected chi connectivity index (χ4v) is 3.99. The van der Waals surface area contributed by atoms with Gasteiger partial charge in [0.05, 0.1) is 13.2 Å². The second kappa shape index (κ2) is 6.93. The summed E-state index contributed by atoms with van der Waals surface area (Å²) < 4.78 is 20.4. The van der Waals surface area contributed by atoms with Gasteiger partial charge in [0.15, 0.2) is 5.88 Å². The van der Waals surface area contributed by atoms with E-state index in [0.717, 1.165) is 24.6 Å². The summed E-state index contributed by atoms with van der Waals surface area (Å²) in [7, 11) is 0. The van der Waals surface area contributed by atoms with Gasteiger partial charge in [0.2, 0.25) is 5.95 Å². The standard InChI is InChI=1S/C22H21FN4O2/c1-14-27(12-19(13-28)29-14)18-4-5-20(21(23)9-18)15-2-3-16-10-26(11-17(16)8-15)22-24-6-7-25-22/h2-9,19,28H,1,10-13H2,(H,24,25)/t19-/m1/s1. The number of aliphatic hydroxyl groups excluding tert-OH is 1. The molecule has 2 N–H and O–H groups in total. The highest BCUT2D eigenvalue weighted by molar-refractivity contribution is 5.69. The Morgan fingerprint density at radius 2 is 2.07 bits per heavy atom. The number of aromatic amines is 1. The van der Waals surface area contributed by atoms with E-state index in [9.17, 15) is 9.50 Å². The van der Waals surface area contributed by atoms with Crippen LogP contribution in [0.1, 0.15) is 11.1 Å². The van der Waals surface area contributed by atoms with E-state index in [4.69, 9.17) is 4.74 Å². The molecule has 6 nitrogen and oxygen atoms in total. The smallest absolute Gasteiger partial charge is 0.203 e. The Bertz CT molecular complexity index is 1070. The van der Waals surface area contributed by atoms with E-state index in [0.29, 0.717) is 23.7 Å². The number of ether oxygens (including phenoxy) is 1. The molecule has 2 aliphatic rings. The van der Waals surface area contributed by atoms with Crippen LogP contribution in [0.15, 0.2) is 61.3 Å². The molecular formula is C22H21FN4O2. The molecule has 0 aliphatic carbocycles. The Hall–Kier alpha value is -3.32. The van der Waals surface area contributed by atoms with Crippen molar-refractivity contribution in [3.63, 3.8) is 0 Å². The normalized spacial score (nSPS) is 18.3. The molecule has 2 aliphatic heterocycles. The Morgan fingerprint density at radius 3 is 2.79 bits per heavy atom. The maximum absolute atomic E-state index is 15.0. The number of halogens is 1. The second-order valence-corrected chi connectivity index (χ2v) is 7.34. The lowest BCUT2D eigenvalue weighted by molar-refractivity contribution is 0.0989. The molecule has 0 unspecified atom stereocenters. The molecule has 0 radical (unpaired) electrons. The Balaban J connectivity index is 1.40. The molecule has 1 aromatic heterocycles. The summed E-state index contributed by atoms with van der Waals surface area (Å²) in [6.45, 7) is 5.73. The number of hydrogen-bond donors (Lipinski definition) is 2. The first-order chi connectivity index (χ1) is 14.1. The molecule has 0 bridgehead atoms. The van der Waals surface area contributed by atoms with Crippen LogP contribution in [0.2, 0.25) is 0 Å². The summed E-state index contributed by atoms with van der Waals surface area (Å²) in [4.78, 5) is 11.4. The number of rotatable bonds is 4. The first kappa shape index (κ1) is 17.8. The molecule has 148 valence electrons. The molecule has 1 atom stereocenters. The van der Waals surface area contributed by atoms with Crippen LogP contribution in [0.25, 0.3) is 11.1 Å². The van der Waals surface area contributed by atoms with Crippen LogP contribution in [0.4, 0.5) is 16.0 Å². The third kappa shape index (κ3) is 3.13. The summed E-state index contributed by atoms with van der Waals surface area (Å²) in [5.41, 5.74) is 4.46. The molecule has 0 amide bonds. The Labute approximate surface area is 167 Å². The van der Waals surface area contributed by atoms with Crippen LogP contribution in [-0.2, 0) is 17.8 Å². The number of aromatic nitrogens is 2.